The third-order valence-corrected chi connectivity index (χ3v) is 6.19. The molecule has 2 atom stereocenters. The fourth-order valence-electron chi connectivity index (χ4n) is 1.55. The number of nitrogens with zero attached hydrogens (tertiary/aromatic N) is 2. The van der Waals surface area contributed by atoms with Gasteiger partial charge in [0.2, 0.25) is 11.0 Å². The van der Waals surface area contributed by atoms with E-state index in [2.05, 4.69) is 27.0 Å². The second kappa shape index (κ2) is 7.88. The lowest BCUT2D eigenvalue weighted by atomic mass is 10.00. The molecule has 0 saturated heterocycles. The van der Waals surface area contributed by atoms with Crippen molar-refractivity contribution in [2.24, 2.45) is 11.7 Å². The number of carbonyl (C=O) groups is 1. The predicted molar refractivity (Wildman–Crippen MR) is 89.8 cm³/mol. The average Bonchev–Trinajstić information content (AvgIpc) is 3.14. The van der Waals surface area contributed by atoms with Crippen molar-refractivity contribution in [3.05, 3.63) is 22.4 Å². The van der Waals surface area contributed by atoms with Crippen LogP contribution in [0.2, 0.25) is 0 Å². The maximum absolute atomic E-state index is 12.0. The Morgan fingerprint density at radius 1 is 1.52 bits per heavy atom. The number of amides is 1. The topological polar surface area (TPSA) is 80.9 Å². The normalized spacial score (nSPS) is 13.9. The summed E-state index contributed by atoms with van der Waals surface area (Å²) in [4.78, 5) is 13.3. The summed E-state index contributed by atoms with van der Waals surface area (Å²) in [5.41, 5.74) is 5.89. The molecule has 1 amide bonds. The van der Waals surface area contributed by atoms with Gasteiger partial charge in [-0.3, -0.25) is 10.1 Å². The molecule has 0 radical (unpaired) electrons. The van der Waals surface area contributed by atoms with Gasteiger partial charge in [0.25, 0.3) is 0 Å². The van der Waals surface area contributed by atoms with Crippen LogP contribution in [-0.2, 0) is 10.5 Å². The van der Waals surface area contributed by atoms with Crippen molar-refractivity contribution in [2.75, 3.05) is 5.32 Å². The molecule has 21 heavy (non-hydrogen) atoms. The second-order valence-electron chi connectivity index (χ2n) is 4.64. The van der Waals surface area contributed by atoms with Crippen LogP contribution in [0.4, 0.5) is 5.13 Å². The lowest BCUT2D eigenvalue weighted by molar-refractivity contribution is -0.118. The number of hydrogen-bond donors (Lipinski definition) is 2. The number of nitrogens with one attached hydrogen (secondary N) is 1. The number of thiophene rings is 1. The van der Waals surface area contributed by atoms with Crippen LogP contribution in [0.15, 0.2) is 21.9 Å². The van der Waals surface area contributed by atoms with Crippen molar-refractivity contribution in [1.82, 2.24) is 10.2 Å². The Labute approximate surface area is 136 Å². The van der Waals surface area contributed by atoms with Gasteiger partial charge in [0.15, 0.2) is 4.34 Å². The molecule has 3 N–H and O–H groups in total. The predicted octanol–water partition coefficient (Wildman–Crippen LogP) is 3.20. The summed E-state index contributed by atoms with van der Waals surface area (Å²) in [5.74, 6) is 0.813. The van der Waals surface area contributed by atoms with Crippen molar-refractivity contribution in [3.63, 3.8) is 0 Å². The van der Waals surface area contributed by atoms with Crippen molar-refractivity contribution in [1.29, 1.82) is 0 Å². The number of carbonyl (C=O) groups excluding carboxylic acids is 1. The minimum Gasteiger partial charge on any atom is -0.320 e. The maximum atomic E-state index is 12.0. The third-order valence-electron chi connectivity index (χ3n) is 3.11. The van der Waals surface area contributed by atoms with E-state index in [0.717, 1.165) is 16.5 Å². The lowest BCUT2D eigenvalue weighted by Gasteiger charge is -2.16. The number of anilines is 1. The fraction of sp³-hybridized carbons (Fsp3) is 0.462. The molecule has 0 aliphatic rings. The Morgan fingerprint density at radius 3 is 3.00 bits per heavy atom. The zero-order chi connectivity index (χ0) is 15.2. The molecular weight excluding hydrogens is 324 g/mol. The number of aromatic nitrogens is 2. The first-order valence-corrected chi connectivity index (χ1v) is 9.33. The van der Waals surface area contributed by atoms with Crippen molar-refractivity contribution in [2.45, 2.75) is 36.4 Å². The monoisotopic (exact) mass is 342 g/mol. The van der Waals surface area contributed by atoms with Gasteiger partial charge in [-0.1, -0.05) is 49.4 Å². The Bertz CT molecular complexity index is 570. The van der Waals surface area contributed by atoms with Crippen LogP contribution < -0.4 is 11.1 Å². The van der Waals surface area contributed by atoms with Crippen LogP contribution in [-0.4, -0.2) is 22.1 Å². The molecule has 114 valence electrons. The second-order valence-corrected chi connectivity index (χ2v) is 7.87. The quantitative estimate of drug-likeness (QED) is 0.596. The van der Waals surface area contributed by atoms with E-state index in [9.17, 15) is 4.79 Å². The van der Waals surface area contributed by atoms with Crippen LogP contribution >= 0.6 is 34.4 Å². The number of hydrogen-bond acceptors (Lipinski definition) is 7. The third kappa shape index (κ3) is 4.77. The van der Waals surface area contributed by atoms with Crippen LogP contribution in [0, 0.1) is 5.92 Å². The molecule has 0 aliphatic heterocycles. The fourth-order valence-corrected chi connectivity index (χ4v) is 4.08. The molecule has 0 bridgehead atoms. The molecule has 8 heteroatoms. The molecular formula is C13H18N4OS3. The molecule has 0 fully saturated rings. The van der Waals surface area contributed by atoms with Crippen LogP contribution in [0.25, 0.3) is 0 Å². The summed E-state index contributed by atoms with van der Waals surface area (Å²) in [6, 6.07) is 3.61. The largest absolute Gasteiger partial charge is 0.320 e. The van der Waals surface area contributed by atoms with Gasteiger partial charge in [-0.25, -0.2) is 0 Å². The highest BCUT2D eigenvalue weighted by Crippen LogP contribution is 2.29. The van der Waals surface area contributed by atoms with Gasteiger partial charge in [-0.05, 0) is 17.4 Å². The Morgan fingerprint density at radius 2 is 2.33 bits per heavy atom. The minimum atomic E-state index is -0.513. The van der Waals surface area contributed by atoms with E-state index in [1.54, 1.807) is 23.1 Å². The van der Waals surface area contributed by atoms with E-state index in [-0.39, 0.29) is 11.8 Å². The van der Waals surface area contributed by atoms with E-state index >= 15 is 0 Å². The standard InChI is InChI=1S/C13H18N4OS3/c1-3-8(2)10(14)11(18)15-12-16-17-13(21-12)20-7-9-5-4-6-19-9/h4-6,8,10H,3,7,14H2,1-2H3,(H,15,16,18). The summed E-state index contributed by atoms with van der Waals surface area (Å²) < 4.78 is 0.843. The zero-order valence-electron chi connectivity index (χ0n) is 11.9. The number of nitrogens with two attached hydrogens (primary N) is 1. The van der Waals surface area contributed by atoms with E-state index in [4.69, 9.17) is 5.73 Å². The molecule has 2 aromatic rings. The van der Waals surface area contributed by atoms with Gasteiger partial charge in [-0.2, -0.15) is 0 Å². The SMILES string of the molecule is CCC(C)C(N)C(=O)Nc1nnc(SCc2cccs2)s1. The molecule has 2 aromatic heterocycles. The molecule has 2 rings (SSSR count). The van der Waals surface area contributed by atoms with Crippen molar-refractivity contribution < 1.29 is 4.79 Å². The highest BCUT2D eigenvalue weighted by molar-refractivity contribution is 8.00. The van der Waals surface area contributed by atoms with Crippen LogP contribution in [0.1, 0.15) is 25.1 Å². The van der Waals surface area contributed by atoms with Gasteiger partial charge in [0, 0.05) is 10.6 Å². The van der Waals surface area contributed by atoms with Crippen LogP contribution in [0.3, 0.4) is 0 Å². The molecule has 0 spiro atoms. The summed E-state index contributed by atoms with van der Waals surface area (Å²) in [5, 5.41) is 13.4. The van der Waals surface area contributed by atoms with Gasteiger partial charge in [-0.15, -0.1) is 21.5 Å². The lowest BCUT2D eigenvalue weighted by Crippen LogP contribution is -2.40. The highest BCUT2D eigenvalue weighted by atomic mass is 32.2. The van der Waals surface area contributed by atoms with Gasteiger partial charge >= 0.3 is 0 Å². The minimum absolute atomic E-state index is 0.144. The van der Waals surface area contributed by atoms with Crippen LogP contribution in [0.5, 0.6) is 0 Å². The molecule has 0 aromatic carbocycles. The van der Waals surface area contributed by atoms with E-state index in [0.29, 0.717) is 5.13 Å². The van der Waals surface area contributed by atoms with E-state index in [1.165, 1.54) is 16.2 Å². The smallest absolute Gasteiger partial charge is 0.243 e. The Hall–Kier alpha value is -0.960. The first-order chi connectivity index (χ1) is 10.1. The highest BCUT2D eigenvalue weighted by Gasteiger charge is 2.20. The molecule has 2 unspecified atom stereocenters. The molecule has 5 nitrogen and oxygen atoms in total. The summed E-state index contributed by atoms with van der Waals surface area (Å²) in [6.07, 6.45) is 0.868. The molecule has 0 aliphatic carbocycles. The first-order valence-electron chi connectivity index (χ1n) is 6.65. The summed E-state index contributed by atoms with van der Waals surface area (Å²) in [6.45, 7) is 3.98. The van der Waals surface area contributed by atoms with Gasteiger partial charge in [0.05, 0.1) is 6.04 Å². The summed E-state index contributed by atoms with van der Waals surface area (Å²) >= 11 is 4.71. The van der Waals surface area contributed by atoms with Gasteiger partial charge in [0.1, 0.15) is 0 Å². The zero-order valence-corrected chi connectivity index (χ0v) is 14.4. The maximum Gasteiger partial charge on any atom is 0.243 e. The number of rotatable bonds is 7. The Balaban J connectivity index is 1.86. The van der Waals surface area contributed by atoms with Crippen molar-refractivity contribution >= 4 is 45.5 Å². The summed E-state index contributed by atoms with van der Waals surface area (Å²) in [7, 11) is 0. The van der Waals surface area contributed by atoms with E-state index in [1.807, 2.05) is 19.9 Å². The molecule has 2 heterocycles. The van der Waals surface area contributed by atoms with Gasteiger partial charge < -0.3 is 5.73 Å². The first kappa shape index (κ1) is 16.4. The van der Waals surface area contributed by atoms with E-state index < -0.39 is 6.04 Å². The number of thioether (sulfide) groups is 1. The van der Waals surface area contributed by atoms with Crippen molar-refractivity contribution in [3.8, 4) is 0 Å². The average molecular weight is 343 g/mol. The Kier molecular flexibility index (Phi) is 6.16. The molecule has 0 saturated carbocycles.